The van der Waals surface area contributed by atoms with E-state index in [9.17, 15) is 0 Å². The van der Waals surface area contributed by atoms with Crippen LogP contribution < -0.4 is 3.11 Å². The number of benzene rings is 2. The summed E-state index contributed by atoms with van der Waals surface area (Å²) in [6.45, 7) is 27.9. The van der Waals surface area contributed by atoms with Crippen LogP contribution in [0.5, 0.6) is 0 Å². The fourth-order valence-corrected chi connectivity index (χ4v) is 5.17. The van der Waals surface area contributed by atoms with Crippen LogP contribution in [0.3, 0.4) is 0 Å². The summed E-state index contributed by atoms with van der Waals surface area (Å²) in [5, 5.41) is 0. The molecule has 0 N–H and O–H groups in total. The van der Waals surface area contributed by atoms with Crippen LogP contribution in [0.1, 0.15) is 105 Å². The number of hydrogen-bond donors (Lipinski definition) is 0. The lowest BCUT2D eigenvalue weighted by Crippen LogP contribution is -2.27. The molecule has 0 amide bonds. The molecule has 0 unspecified atom stereocenters. The van der Waals surface area contributed by atoms with Crippen molar-refractivity contribution in [1.82, 2.24) is 0 Å². The van der Waals surface area contributed by atoms with Gasteiger partial charge in [0.05, 0.1) is 34.2 Å². The molecule has 0 aromatic heterocycles. The predicted molar refractivity (Wildman–Crippen MR) is 144 cm³/mol. The molecule has 30 heavy (non-hydrogen) atoms. The molecule has 2 rings (SSSR count). The van der Waals surface area contributed by atoms with Crippen molar-refractivity contribution >= 4 is 34.2 Å². The van der Waals surface area contributed by atoms with Crippen molar-refractivity contribution in [1.29, 1.82) is 0 Å². The molecule has 0 heterocycles. The minimum Gasteiger partial charge on any atom is -0.282 e. The van der Waals surface area contributed by atoms with Crippen molar-refractivity contribution in [2.75, 3.05) is 3.11 Å². The van der Waals surface area contributed by atoms with Gasteiger partial charge in [-0.25, -0.2) is 0 Å². The molecule has 0 spiro atoms. The van der Waals surface area contributed by atoms with E-state index >= 15 is 0 Å². The molecule has 2 aromatic rings. The number of halogens is 1. The van der Waals surface area contributed by atoms with Gasteiger partial charge < -0.3 is 0 Å². The second-order valence-corrected chi connectivity index (χ2v) is 13.6. The highest BCUT2D eigenvalue weighted by atomic mass is 127. The molecule has 0 aliphatic rings. The topological polar surface area (TPSA) is 3.24 Å². The van der Waals surface area contributed by atoms with Crippen LogP contribution in [0.2, 0.25) is 0 Å². The van der Waals surface area contributed by atoms with E-state index in [4.69, 9.17) is 0 Å². The lowest BCUT2D eigenvalue weighted by atomic mass is 9.73. The maximum Gasteiger partial charge on any atom is 0.0646 e. The SMILES string of the molecule is CC(C)(C)c1cccc(N(I)c2cccc(C(C)(C)C)c2C(C)(C)C)c1C(C)(C)C. The number of anilines is 2. The van der Waals surface area contributed by atoms with Crippen LogP contribution in [0, 0.1) is 0 Å². The molecule has 0 fully saturated rings. The second-order valence-electron chi connectivity index (χ2n) is 12.7. The fraction of sp³-hybridized carbons (Fsp3) is 0.571. The van der Waals surface area contributed by atoms with Gasteiger partial charge in [-0.15, -0.1) is 0 Å². The zero-order valence-electron chi connectivity index (χ0n) is 21.3. The minimum atomic E-state index is 0.0478. The summed E-state index contributed by atoms with van der Waals surface area (Å²) in [5.41, 5.74) is 8.61. The largest absolute Gasteiger partial charge is 0.282 e. The highest BCUT2D eigenvalue weighted by molar-refractivity contribution is 14.1. The average Bonchev–Trinajstić information content (AvgIpc) is 2.56. The highest BCUT2D eigenvalue weighted by Crippen LogP contribution is 2.47. The second kappa shape index (κ2) is 8.15. The van der Waals surface area contributed by atoms with Crippen LogP contribution in [-0.4, -0.2) is 0 Å². The third-order valence-electron chi connectivity index (χ3n) is 5.62. The summed E-state index contributed by atoms with van der Waals surface area (Å²) >= 11 is 2.53. The average molecular weight is 520 g/mol. The van der Waals surface area contributed by atoms with Gasteiger partial charge in [0.15, 0.2) is 0 Å². The Morgan fingerprint density at radius 3 is 1.03 bits per heavy atom. The van der Waals surface area contributed by atoms with Gasteiger partial charge in [-0.2, -0.15) is 0 Å². The molecule has 2 aromatic carbocycles. The lowest BCUT2D eigenvalue weighted by molar-refractivity contribution is 0.529. The fourth-order valence-electron chi connectivity index (χ4n) is 4.36. The number of hydrogen-bond acceptors (Lipinski definition) is 1. The number of rotatable bonds is 2. The van der Waals surface area contributed by atoms with Gasteiger partial charge >= 0.3 is 0 Å². The van der Waals surface area contributed by atoms with E-state index in [2.05, 4.69) is 145 Å². The smallest absolute Gasteiger partial charge is 0.0646 e. The molecule has 166 valence electrons. The molecule has 0 saturated carbocycles. The minimum absolute atomic E-state index is 0.0478. The molecule has 1 nitrogen and oxygen atoms in total. The standard InChI is InChI=1S/C28H42IN/c1-25(2,3)19-15-13-17-21(23(19)27(7,8)9)30(29)22-18-14-16-20(26(4,5)6)24(22)28(10,11)12/h13-18H,1-12H3. The first-order valence-electron chi connectivity index (χ1n) is 11.1. The monoisotopic (exact) mass is 519 g/mol. The van der Waals surface area contributed by atoms with Gasteiger partial charge in [0.2, 0.25) is 0 Å². The Labute approximate surface area is 200 Å². The summed E-state index contributed by atoms with van der Waals surface area (Å²) < 4.78 is 2.41. The molecule has 0 bridgehead atoms. The maximum absolute atomic E-state index is 2.53. The Hall–Kier alpha value is -1.03. The van der Waals surface area contributed by atoms with Crippen LogP contribution in [0.25, 0.3) is 0 Å². The van der Waals surface area contributed by atoms with E-state index < -0.39 is 0 Å². The quantitative estimate of drug-likeness (QED) is 0.282. The zero-order valence-corrected chi connectivity index (χ0v) is 23.4. The Kier molecular flexibility index (Phi) is 6.85. The Bertz CT molecular complexity index is 821. The Morgan fingerprint density at radius 1 is 0.500 bits per heavy atom. The summed E-state index contributed by atoms with van der Waals surface area (Å²) in [5.74, 6) is 0. The van der Waals surface area contributed by atoms with E-state index in [1.54, 1.807) is 0 Å². The van der Waals surface area contributed by atoms with Gasteiger partial charge in [0, 0.05) is 0 Å². The third-order valence-corrected chi connectivity index (χ3v) is 6.66. The molecular formula is C28H42IN. The first-order chi connectivity index (χ1) is 13.4. The highest BCUT2D eigenvalue weighted by Gasteiger charge is 2.33. The third kappa shape index (κ3) is 5.23. The molecule has 0 aliphatic carbocycles. The van der Waals surface area contributed by atoms with Crippen molar-refractivity contribution in [2.45, 2.75) is 105 Å². The lowest BCUT2D eigenvalue weighted by Gasteiger charge is -2.37. The molecule has 0 saturated heterocycles. The van der Waals surface area contributed by atoms with Crippen LogP contribution in [-0.2, 0) is 21.7 Å². The normalized spacial score (nSPS) is 13.5. The Morgan fingerprint density at radius 2 is 0.800 bits per heavy atom. The summed E-state index contributed by atoms with van der Waals surface area (Å²) in [7, 11) is 0. The van der Waals surface area contributed by atoms with E-state index in [0.717, 1.165) is 0 Å². The molecule has 0 radical (unpaired) electrons. The molecule has 0 atom stereocenters. The van der Waals surface area contributed by atoms with Crippen molar-refractivity contribution < 1.29 is 0 Å². The first kappa shape index (κ1) is 25.2. The zero-order chi connectivity index (χ0) is 23.3. The number of nitrogens with zero attached hydrogens (tertiary/aromatic N) is 1. The van der Waals surface area contributed by atoms with Gasteiger partial charge in [-0.1, -0.05) is 107 Å². The first-order valence-corrected chi connectivity index (χ1v) is 12.1. The van der Waals surface area contributed by atoms with Gasteiger partial charge in [0.25, 0.3) is 0 Å². The van der Waals surface area contributed by atoms with E-state index in [1.807, 2.05) is 0 Å². The van der Waals surface area contributed by atoms with Crippen LogP contribution >= 0.6 is 22.9 Å². The van der Waals surface area contributed by atoms with E-state index in [0.29, 0.717) is 0 Å². The van der Waals surface area contributed by atoms with Crippen molar-refractivity contribution in [2.24, 2.45) is 0 Å². The maximum atomic E-state index is 2.53. The van der Waals surface area contributed by atoms with Gasteiger partial charge in [-0.05, 0) is 56.0 Å². The van der Waals surface area contributed by atoms with Crippen molar-refractivity contribution in [3.8, 4) is 0 Å². The summed E-state index contributed by atoms with van der Waals surface area (Å²) in [4.78, 5) is 0. The van der Waals surface area contributed by atoms with Crippen molar-refractivity contribution in [3.05, 3.63) is 58.7 Å². The van der Waals surface area contributed by atoms with Gasteiger partial charge in [0.1, 0.15) is 0 Å². The van der Waals surface area contributed by atoms with Crippen LogP contribution in [0.15, 0.2) is 36.4 Å². The molecule has 0 aliphatic heterocycles. The summed E-state index contributed by atoms with van der Waals surface area (Å²) in [6.07, 6.45) is 0. The molecule has 2 heteroatoms. The van der Waals surface area contributed by atoms with Crippen LogP contribution in [0.4, 0.5) is 11.4 Å². The Balaban J connectivity index is 2.88. The predicted octanol–water partition coefficient (Wildman–Crippen LogP) is 9.36. The van der Waals surface area contributed by atoms with E-state index in [1.165, 1.54) is 33.6 Å². The molecular weight excluding hydrogens is 477 g/mol. The van der Waals surface area contributed by atoms with E-state index in [-0.39, 0.29) is 21.7 Å². The summed E-state index contributed by atoms with van der Waals surface area (Å²) in [6, 6.07) is 13.6. The van der Waals surface area contributed by atoms with Gasteiger partial charge in [-0.3, -0.25) is 3.11 Å². The van der Waals surface area contributed by atoms with Crippen molar-refractivity contribution in [3.63, 3.8) is 0 Å².